The van der Waals surface area contributed by atoms with Gasteiger partial charge in [-0.2, -0.15) is 10.2 Å². The normalized spacial score (nSPS) is 11.1. The quantitative estimate of drug-likeness (QED) is 0.375. The van der Waals surface area contributed by atoms with Gasteiger partial charge in [0, 0.05) is 27.9 Å². The fraction of sp³-hybridized carbons (Fsp3) is 0.208. The zero-order valence-electron chi connectivity index (χ0n) is 18.4. The van der Waals surface area contributed by atoms with Crippen LogP contribution in [-0.2, 0) is 13.1 Å². The molecule has 2 aromatic carbocycles. The van der Waals surface area contributed by atoms with Crippen molar-refractivity contribution in [3.63, 3.8) is 0 Å². The van der Waals surface area contributed by atoms with Gasteiger partial charge in [-0.1, -0.05) is 41.4 Å². The lowest BCUT2D eigenvalue weighted by molar-refractivity contribution is 0.102. The molecule has 1 amide bonds. The molecular formula is C24H22Cl2FN5O. The van der Waals surface area contributed by atoms with Crippen LogP contribution in [-0.4, -0.2) is 25.5 Å². The molecular weight excluding hydrogens is 464 g/mol. The number of nitrogens with zero attached hydrogens (tertiary/aromatic N) is 4. The van der Waals surface area contributed by atoms with Gasteiger partial charge in [-0.3, -0.25) is 14.2 Å². The number of benzene rings is 2. The van der Waals surface area contributed by atoms with Gasteiger partial charge in [-0.05, 0) is 50.6 Å². The van der Waals surface area contributed by atoms with Crippen molar-refractivity contribution in [2.45, 2.75) is 33.9 Å². The van der Waals surface area contributed by atoms with Gasteiger partial charge in [0.05, 0.1) is 29.5 Å². The van der Waals surface area contributed by atoms with E-state index in [0.29, 0.717) is 33.5 Å². The molecule has 0 fully saturated rings. The molecule has 0 saturated carbocycles. The van der Waals surface area contributed by atoms with Gasteiger partial charge in [-0.25, -0.2) is 4.39 Å². The van der Waals surface area contributed by atoms with Gasteiger partial charge < -0.3 is 5.32 Å². The van der Waals surface area contributed by atoms with Crippen LogP contribution in [0.1, 0.15) is 38.6 Å². The first-order valence-electron chi connectivity index (χ1n) is 10.3. The molecule has 9 heteroatoms. The van der Waals surface area contributed by atoms with E-state index >= 15 is 0 Å². The van der Waals surface area contributed by atoms with E-state index in [-0.39, 0.29) is 12.5 Å². The second-order valence-corrected chi connectivity index (χ2v) is 8.61. The Morgan fingerprint density at radius 2 is 1.76 bits per heavy atom. The molecule has 33 heavy (non-hydrogen) atoms. The Morgan fingerprint density at radius 1 is 1.00 bits per heavy atom. The predicted molar refractivity (Wildman–Crippen MR) is 128 cm³/mol. The smallest absolute Gasteiger partial charge is 0.256 e. The van der Waals surface area contributed by atoms with Crippen LogP contribution in [0.3, 0.4) is 0 Å². The third-order valence-electron chi connectivity index (χ3n) is 5.41. The first-order valence-corrected chi connectivity index (χ1v) is 11.1. The maximum absolute atomic E-state index is 14.1. The maximum atomic E-state index is 14.1. The Morgan fingerprint density at radius 3 is 2.45 bits per heavy atom. The van der Waals surface area contributed by atoms with E-state index in [4.69, 9.17) is 23.2 Å². The highest BCUT2D eigenvalue weighted by atomic mass is 35.5. The fourth-order valence-corrected chi connectivity index (χ4v) is 3.92. The van der Waals surface area contributed by atoms with E-state index in [1.807, 2.05) is 43.7 Å². The molecule has 0 atom stereocenters. The van der Waals surface area contributed by atoms with Crippen molar-refractivity contribution < 1.29 is 9.18 Å². The van der Waals surface area contributed by atoms with Gasteiger partial charge in [-0.15, -0.1) is 0 Å². The number of hydrogen-bond acceptors (Lipinski definition) is 3. The molecule has 0 saturated heterocycles. The summed E-state index contributed by atoms with van der Waals surface area (Å²) in [5.74, 6) is -0.318. The van der Waals surface area contributed by atoms with Gasteiger partial charge >= 0.3 is 0 Å². The minimum atomic E-state index is -0.399. The van der Waals surface area contributed by atoms with Crippen molar-refractivity contribution in [3.05, 3.63) is 98.2 Å². The van der Waals surface area contributed by atoms with Crippen LogP contribution >= 0.6 is 23.2 Å². The minimum absolute atomic E-state index is 0.161. The lowest BCUT2D eigenvalue weighted by atomic mass is 10.1. The second kappa shape index (κ2) is 9.37. The summed E-state index contributed by atoms with van der Waals surface area (Å²) in [7, 11) is 0. The van der Waals surface area contributed by atoms with Crippen molar-refractivity contribution in [3.8, 4) is 0 Å². The number of nitrogens with one attached hydrogen (secondary N) is 1. The summed E-state index contributed by atoms with van der Waals surface area (Å²) in [5.41, 5.74) is 4.16. The average Bonchev–Trinajstić information content (AvgIpc) is 3.24. The zero-order chi connectivity index (χ0) is 23.7. The summed E-state index contributed by atoms with van der Waals surface area (Å²) in [6.45, 7) is 6.26. The zero-order valence-corrected chi connectivity index (χ0v) is 19.9. The van der Waals surface area contributed by atoms with E-state index in [1.165, 1.54) is 6.07 Å². The molecule has 0 aliphatic rings. The monoisotopic (exact) mass is 485 g/mol. The molecule has 4 rings (SSSR count). The van der Waals surface area contributed by atoms with Crippen molar-refractivity contribution >= 4 is 34.9 Å². The van der Waals surface area contributed by atoms with E-state index in [2.05, 4.69) is 15.5 Å². The number of carbonyl (C=O) groups is 1. The van der Waals surface area contributed by atoms with Crippen molar-refractivity contribution in [2.24, 2.45) is 0 Å². The van der Waals surface area contributed by atoms with Crippen LogP contribution < -0.4 is 5.32 Å². The molecule has 4 aromatic rings. The van der Waals surface area contributed by atoms with Crippen LogP contribution in [0.4, 0.5) is 10.2 Å². The summed E-state index contributed by atoms with van der Waals surface area (Å²) in [6.07, 6.45) is 0. The first kappa shape index (κ1) is 23.0. The first-order chi connectivity index (χ1) is 15.7. The average molecular weight is 486 g/mol. The molecule has 170 valence electrons. The maximum Gasteiger partial charge on any atom is 0.256 e. The number of amides is 1. The van der Waals surface area contributed by atoms with Crippen LogP contribution in [0.5, 0.6) is 0 Å². The SMILES string of the molecule is Cc1nn(Cc2cccc(C(=O)Nc3cc(C)n(Cc4c(F)cccc4Cl)n3)c2)c(C)c1Cl. The van der Waals surface area contributed by atoms with Crippen molar-refractivity contribution in [2.75, 3.05) is 5.32 Å². The number of halogens is 3. The minimum Gasteiger partial charge on any atom is -0.305 e. The van der Waals surface area contributed by atoms with Crippen LogP contribution in [0.2, 0.25) is 10.0 Å². The summed E-state index contributed by atoms with van der Waals surface area (Å²) in [6, 6.07) is 13.6. The van der Waals surface area contributed by atoms with Gasteiger partial charge in [0.25, 0.3) is 5.91 Å². The molecule has 0 aliphatic heterocycles. The molecule has 1 N–H and O–H groups in total. The van der Waals surface area contributed by atoms with Gasteiger partial charge in [0.1, 0.15) is 5.82 Å². The number of anilines is 1. The molecule has 0 aliphatic carbocycles. The molecule has 2 heterocycles. The number of aromatic nitrogens is 4. The van der Waals surface area contributed by atoms with Gasteiger partial charge in [0.15, 0.2) is 5.82 Å². The van der Waals surface area contributed by atoms with E-state index in [1.54, 1.807) is 28.9 Å². The van der Waals surface area contributed by atoms with Crippen molar-refractivity contribution in [1.29, 1.82) is 0 Å². The topological polar surface area (TPSA) is 64.7 Å². The second-order valence-electron chi connectivity index (χ2n) is 7.83. The van der Waals surface area contributed by atoms with Crippen LogP contribution in [0, 0.1) is 26.6 Å². The highest BCUT2D eigenvalue weighted by Gasteiger charge is 2.14. The highest BCUT2D eigenvalue weighted by Crippen LogP contribution is 2.22. The third-order valence-corrected chi connectivity index (χ3v) is 6.31. The molecule has 0 bridgehead atoms. The molecule has 0 radical (unpaired) electrons. The van der Waals surface area contributed by atoms with Crippen molar-refractivity contribution in [1.82, 2.24) is 19.6 Å². The highest BCUT2D eigenvalue weighted by molar-refractivity contribution is 6.32. The lowest BCUT2D eigenvalue weighted by Gasteiger charge is -2.08. The number of rotatable bonds is 6. The predicted octanol–water partition coefficient (Wildman–Crippen LogP) is 5.80. The summed E-state index contributed by atoms with van der Waals surface area (Å²) in [4.78, 5) is 12.8. The van der Waals surface area contributed by atoms with Crippen LogP contribution in [0.25, 0.3) is 0 Å². The van der Waals surface area contributed by atoms with E-state index in [9.17, 15) is 9.18 Å². The Bertz CT molecular complexity index is 1320. The lowest BCUT2D eigenvalue weighted by Crippen LogP contribution is -2.14. The number of carbonyl (C=O) groups excluding carboxylic acids is 1. The Kier molecular flexibility index (Phi) is 6.54. The molecule has 6 nitrogen and oxygen atoms in total. The summed E-state index contributed by atoms with van der Waals surface area (Å²) in [5, 5.41) is 12.6. The number of aryl methyl sites for hydroxylation is 2. The Labute approximate surface area is 200 Å². The Hall–Kier alpha value is -3.16. The molecule has 2 aromatic heterocycles. The number of hydrogen-bond donors (Lipinski definition) is 1. The summed E-state index contributed by atoms with van der Waals surface area (Å²) >= 11 is 12.4. The van der Waals surface area contributed by atoms with E-state index < -0.39 is 5.82 Å². The van der Waals surface area contributed by atoms with Gasteiger partial charge in [0.2, 0.25) is 0 Å². The fourth-order valence-electron chi connectivity index (χ4n) is 3.57. The van der Waals surface area contributed by atoms with E-state index in [0.717, 1.165) is 22.6 Å². The largest absolute Gasteiger partial charge is 0.305 e. The summed E-state index contributed by atoms with van der Waals surface area (Å²) < 4.78 is 17.6. The third kappa shape index (κ3) is 4.94. The standard InChI is InChI=1S/C24H22Cl2FN5O/c1-14-10-22(30-31(14)13-19-20(25)8-5-9-21(19)27)28-24(33)18-7-4-6-17(11-18)12-32-16(3)23(26)15(2)29-32/h4-11H,12-13H2,1-3H3,(H,28,30,33). The van der Waals surface area contributed by atoms with Crippen LogP contribution in [0.15, 0.2) is 48.5 Å². The molecule has 0 unspecified atom stereocenters. The molecule has 0 spiro atoms. The Balaban J connectivity index is 1.49.